The minimum absolute atomic E-state index is 0. The van der Waals surface area contributed by atoms with Crippen molar-refractivity contribution in [3.63, 3.8) is 0 Å². The molecule has 3 N–H and O–H groups in total. The van der Waals surface area contributed by atoms with Crippen LogP contribution < -0.4 is 16.0 Å². The maximum absolute atomic E-state index is 11.8. The molecule has 3 rings (SSSR count). The second-order valence-corrected chi connectivity index (χ2v) is 7.11. The summed E-state index contributed by atoms with van der Waals surface area (Å²) in [5.74, 6) is 0.768. The Morgan fingerprint density at radius 2 is 1.86 bits per heavy atom. The average molecular weight is 506 g/mol. The number of hydrogen-bond donors (Lipinski definition) is 3. The van der Waals surface area contributed by atoms with Gasteiger partial charge in [0, 0.05) is 25.7 Å². The fraction of sp³-hybridized carbons (Fsp3) is 0.391. The van der Waals surface area contributed by atoms with Gasteiger partial charge in [-0.25, -0.2) is 4.99 Å². The second kappa shape index (κ2) is 11.8. The average Bonchev–Trinajstić information content (AvgIpc) is 3.19. The molecule has 0 heterocycles. The number of carbonyl (C=O) groups excluding carboxylic acids is 1. The molecule has 0 spiro atoms. The van der Waals surface area contributed by atoms with Crippen LogP contribution in [0.4, 0.5) is 0 Å². The van der Waals surface area contributed by atoms with Gasteiger partial charge in [0.15, 0.2) is 5.96 Å². The molecular formula is C23H31IN4O. The van der Waals surface area contributed by atoms with Gasteiger partial charge in [-0.2, -0.15) is 0 Å². The van der Waals surface area contributed by atoms with Crippen LogP contribution in [0.2, 0.25) is 0 Å². The highest BCUT2D eigenvalue weighted by Crippen LogP contribution is 2.23. The number of benzene rings is 2. The number of nitrogens with zero attached hydrogens (tertiary/aromatic N) is 1. The van der Waals surface area contributed by atoms with Gasteiger partial charge < -0.3 is 16.0 Å². The van der Waals surface area contributed by atoms with Crippen molar-refractivity contribution >= 4 is 35.8 Å². The number of amides is 1. The van der Waals surface area contributed by atoms with E-state index in [0.717, 1.165) is 31.0 Å². The molecule has 0 saturated heterocycles. The Morgan fingerprint density at radius 1 is 1.03 bits per heavy atom. The van der Waals surface area contributed by atoms with E-state index in [0.29, 0.717) is 12.1 Å². The van der Waals surface area contributed by atoms with Crippen molar-refractivity contribution in [2.75, 3.05) is 20.1 Å². The highest BCUT2D eigenvalue weighted by molar-refractivity contribution is 14.0. The van der Waals surface area contributed by atoms with E-state index in [1.807, 2.05) is 24.3 Å². The number of hydrogen-bond acceptors (Lipinski definition) is 2. The van der Waals surface area contributed by atoms with Crippen molar-refractivity contribution in [2.24, 2.45) is 4.99 Å². The first-order valence-electron chi connectivity index (χ1n) is 10.1. The molecule has 2 aromatic rings. The smallest absolute Gasteiger partial charge is 0.251 e. The molecule has 0 fully saturated rings. The molecule has 1 aliphatic carbocycles. The number of carbonyl (C=O) groups is 1. The third-order valence-electron chi connectivity index (χ3n) is 5.05. The van der Waals surface area contributed by atoms with Gasteiger partial charge in [0.2, 0.25) is 0 Å². The largest absolute Gasteiger partial charge is 0.357 e. The van der Waals surface area contributed by atoms with Crippen molar-refractivity contribution < 1.29 is 4.79 Å². The summed E-state index contributed by atoms with van der Waals surface area (Å²) in [7, 11) is 1.65. The highest BCUT2D eigenvalue weighted by Gasteiger charge is 2.10. The van der Waals surface area contributed by atoms with E-state index in [-0.39, 0.29) is 29.9 Å². The molecule has 0 aliphatic heterocycles. The molecule has 5 nitrogen and oxygen atoms in total. The third kappa shape index (κ3) is 6.73. The SMILES string of the molecule is CCNC(=NCc1ccc2c(c1)CCC2)NCCc1cccc(C(=O)NC)c1.I. The maximum atomic E-state index is 11.8. The van der Waals surface area contributed by atoms with Gasteiger partial charge in [0.25, 0.3) is 5.91 Å². The third-order valence-corrected chi connectivity index (χ3v) is 5.05. The van der Waals surface area contributed by atoms with Crippen LogP contribution in [0.15, 0.2) is 47.5 Å². The topological polar surface area (TPSA) is 65.5 Å². The van der Waals surface area contributed by atoms with E-state index in [9.17, 15) is 4.79 Å². The lowest BCUT2D eigenvalue weighted by Gasteiger charge is -2.12. The van der Waals surface area contributed by atoms with E-state index in [1.165, 1.54) is 36.0 Å². The van der Waals surface area contributed by atoms with Gasteiger partial charge in [-0.05, 0) is 67.0 Å². The summed E-state index contributed by atoms with van der Waals surface area (Å²) in [6, 6.07) is 14.5. The van der Waals surface area contributed by atoms with Crippen LogP contribution in [-0.2, 0) is 25.8 Å². The van der Waals surface area contributed by atoms with Crippen molar-refractivity contribution in [3.05, 3.63) is 70.3 Å². The Bertz CT molecular complexity index is 851. The molecule has 0 radical (unpaired) electrons. The Hall–Kier alpha value is -2.09. The van der Waals surface area contributed by atoms with Gasteiger partial charge in [-0.15, -0.1) is 24.0 Å². The normalized spacial score (nSPS) is 12.7. The molecule has 6 heteroatoms. The quantitative estimate of drug-likeness (QED) is 0.306. The Balaban J connectivity index is 0.00000300. The van der Waals surface area contributed by atoms with Crippen molar-refractivity contribution in [2.45, 2.75) is 39.2 Å². The standard InChI is InChI=1S/C23H30N4O.HI/c1-3-25-23(27-16-18-10-11-19-7-5-8-20(19)15-18)26-13-12-17-6-4-9-21(14-17)22(28)24-2;/h4,6,9-11,14-15H,3,5,7-8,12-13,16H2,1-2H3,(H,24,28)(H2,25,26,27);1H. The molecule has 0 saturated carbocycles. The lowest BCUT2D eigenvalue weighted by atomic mass is 10.1. The van der Waals surface area contributed by atoms with Gasteiger partial charge in [0.05, 0.1) is 6.54 Å². The molecule has 0 atom stereocenters. The zero-order chi connectivity index (χ0) is 19.8. The predicted octanol–water partition coefficient (Wildman–Crippen LogP) is 3.45. The molecule has 0 bridgehead atoms. The summed E-state index contributed by atoms with van der Waals surface area (Å²) < 4.78 is 0. The van der Waals surface area contributed by atoms with Crippen LogP contribution in [0, 0.1) is 0 Å². The molecule has 1 amide bonds. The second-order valence-electron chi connectivity index (χ2n) is 7.11. The molecule has 156 valence electrons. The first kappa shape index (κ1) is 23.2. The molecule has 0 aromatic heterocycles. The van der Waals surface area contributed by atoms with Crippen LogP contribution in [0.25, 0.3) is 0 Å². The molecule has 2 aromatic carbocycles. The van der Waals surface area contributed by atoms with Crippen LogP contribution in [0.5, 0.6) is 0 Å². The van der Waals surface area contributed by atoms with Crippen molar-refractivity contribution in [1.29, 1.82) is 0 Å². The van der Waals surface area contributed by atoms with Gasteiger partial charge in [0.1, 0.15) is 0 Å². The number of aliphatic imine (C=N–C) groups is 1. The molecule has 0 unspecified atom stereocenters. The fourth-order valence-electron chi connectivity index (χ4n) is 3.57. The number of fused-ring (bicyclic) bond motifs is 1. The minimum atomic E-state index is -0.0564. The Morgan fingerprint density at radius 3 is 2.66 bits per heavy atom. The first-order valence-corrected chi connectivity index (χ1v) is 10.1. The van der Waals surface area contributed by atoms with Crippen LogP contribution >= 0.6 is 24.0 Å². The molecule has 29 heavy (non-hydrogen) atoms. The van der Waals surface area contributed by atoms with E-state index < -0.39 is 0 Å². The van der Waals surface area contributed by atoms with E-state index in [4.69, 9.17) is 4.99 Å². The number of rotatable bonds is 7. The van der Waals surface area contributed by atoms with Crippen LogP contribution in [0.3, 0.4) is 0 Å². The van der Waals surface area contributed by atoms with Crippen molar-refractivity contribution in [3.8, 4) is 0 Å². The summed E-state index contributed by atoms with van der Waals surface area (Å²) >= 11 is 0. The summed E-state index contributed by atoms with van der Waals surface area (Å²) in [5, 5.41) is 9.36. The minimum Gasteiger partial charge on any atom is -0.357 e. The zero-order valence-corrected chi connectivity index (χ0v) is 19.6. The zero-order valence-electron chi connectivity index (χ0n) is 17.3. The fourth-order valence-corrected chi connectivity index (χ4v) is 3.57. The highest BCUT2D eigenvalue weighted by atomic mass is 127. The van der Waals surface area contributed by atoms with E-state index in [1.54, 1.807) is 7.05 Å². The summed E-state index contributed by atoms with van der Waals surface area (Å²) in [6.45, 7) is 4.32. The summed E-state index contributed by atoms with van der Waals surface area (Å²) in [4.78, 5) is 16.5. The summed E-state index contributed by atoms with van der Waals surface area (Å²) in [5.41, 5.74) is 6.06. The Labute approximate surface area is 190 Å². The number of halogens is 1. The monoisotopic (exact) mass is 506 g/mol. The van der Waals surface area contributed by atoms with E-state index in [2.05, 4.69) is 41.1 Å². The molecule has 1 aliphatic rings. The van der Waals surface area contributed by atoms with Gasteiger partial charge in [-0.1, -0.05) is 30.3 Å². The lowest BCUT2D eigenvalue weighted by Crippen LogP contribution is -2.38. The van der Waals surface area contributed by atoms with Gasteiger partial charge in [-0.3, -0.25) is 4.79 Å². The predicted molar refractivity (Wildman–Crippen MR) is 130 cm³/mol. The van der Waals surface area contributed by atoms with Crippen molar-refractivity contribution in [1.82, 2.24) is 16.0 Å². The van der Waals surface area contributed by atoms with Crippen LogP contribution in [0.1, 0.15) is 46.0 Å². The first-order chi connectivity index (χ1) is 13.7. The van der Waals surface area contributed by atoms with Gasteiger partial charge >= 0.3 is 0 Å². The maximum Gasteiger partial charge on any atom is 0.251 e. The van der Waals surface area contributed by atoms with E-state index >= 15 is 0 Å². The van der Waals surface area contributed by atoms with Crippen LogP contribution in [-0.4, -0.2) is 32.0 Å². The molecular weight excluding hydrogens is 475 g/mol. The Kier molecular flexibility index (Phi) is 9.44. The number of aryl methyl sites for hydroxylation is 2. The summed E-state index contributed by atoms with van der Waals surface area (Å²) in [6.07, 6.45) is 4.51. The number of guanidine groups is 1. The number of nitrogens with one attached hydrogen (secondary N) is 3. The lowest BCUT2D eigenvalue weighted by molar-refractivity contribution is 0.0963.